The number of anilines is 1. The van der Waals surface area contributed by atoms with Crippen molar-refractivity contribution in [3.8, 4) is 11.5 Å². The van der Waals surface area contributed by atoms with Gasteiger partial charge in [-0.3, -0.25) is 9.69 Å². The van der Waals surface area contributed by atoms with Crippen molar-refractivity contribution in [3.05, 3.63) is 18.2 Å². The highest BCUT2D eigenvalue weighted by molar-refractivity contribution is 5.84. The molecule has 3 fully saturated rings. The second kappa shape index (κ2) is 7.12. The largest absolute Gasteiger partial charge is 0.454 e. The second-order valence-corrected chi connectivity index (χ2v) is 8.55. The Hall–Kier alpha value is -1.99. The van der Waals surface area contributed by atoms with Gasteiger partial charge in [0.05, 0.1) is 11.5 Å². The number of rotatable bonds is 2. The Morgan fingerprint density at radius 1 is 1.11 bits per heavy atom. The molecule has 152 valence electrons. The molecule has 4 aliphatic rings. The van der Waals surface area contributed by atoms with E-state index >= 15 is 0 Å². The molecule has 1 amide bonds. The summed E-state index contributed by atoms with van der Waals surface area (Å²) < 4.78 is 10.9. The molecular formula is C21H29N3O4. The fraction of sp³-hybridized carbons (Fsp3) is 0.667. The standard InChI is InChI=1S/C21H29N3O4/c25-19-6-11-24(13-21(19)7-1-8-22-20(21)26)15-4-9-23(10-5-15)16-2-3-17-18(12-16)28-14-27-17/h2-3,12,15,19,25H,1,4-11,13-14H2,(H,22,26)/t19-,21-/m1/s1. The van der Waals surface area contributed by atoms with Crippen molar-refractivity contribution in [1.29, 1.82) is 0 Å². The Morgan fingerprint density at radius 2 is 1.93 bits per heavy atom. The van der Waals surface area contributed by atoms with Crippen LogP contribution in [0.5, 0.6) is 11.5 Å². The molecule has 0 saturated carbocycles. The predicted octanol–water partition coefficient (Wildman–Crippen LogP) is 1.35. The fourth-order valence-electron chi connectivity index (χ4n) is 5.36. The summed E-state index contributed by atoms with van der Waals surface area (Å²) in [5, 5.41) is 13.6. The molecule has 0 aromatic heterocycles. The van der Waals surface area contributed by atoms with Gasteiger partial charge in [-0.25, -0.2) is 0 Å². The molecule has 7 nitrogen and oxygen atoms in total. The topological polar surface area (TPSA) is 74.3 Å². The van der Waals surface area contributed by atoms with Gasteiger partial charge < -0.3 is 24.8 Å². The van der Waals surface area contributed by atoms with Crippen LogP contribution in [0.25, 0.3) is 0 Å². The minimum Gasteiger partial charge on any atom is -0.454 e. The molecular weight excluding hydrogens is 358 g/mol. The average molecular weight is 387 g/mol. The van der Waals surface area contributed by atoms with Crippen LogP contribution in [0.2, 0.25) is 0 Å². The molecule has 0 unspecified atom stereocenters. The van der Waals surface area contributed by atoms with E-state index < -0.39 is 11.5 Å². The van der Waals surface area contributed by atoms with E-state index in [0.717, 1.165) is 63.4 Å². The van der Waals surface area contributed by atoms with Gasteiger partial charge in [-0.15, -0.1) is 0 Å². The molecule has 5 rings (SSSR count). The van der Waals surface area contributed by atoms with Crippen LogP contribution in [0.15, 0.2) is 18.2 Å². The number of benzene rings is 1. The number of hydrogen-bond acceptors (Lipinski definition) is 6. The Bertz CT molecular complexity index is 749. The molecule has 3 saturated heterocycles. The summed E-state index contributed by atoms with van der Waals surface area (Å²) in [5.74, 6) is 1.70. The number of aliphatic hydroxyl groups is 1. The van der Waals surface area contributed by atoms with Crippen LogP contribution in [0.1, 0.15) is 32.1 Å². The van der Waals surface area contributed by atoms with Crippen LogP contribution in [0.4, 0.5) is 5.69 Å². The van der Waals surface area contributed by atoms with E-state index in [1.807, 2.05) is 6.07 Å². The molecule has 4 aliphatic heterocycles. The lowest BCUT2D eigenvalue weighted by molar-refractivity contribution is -0.150. The number of piperidine rings is 3. The molecule has 0 aliphatic carbocycles. The van der Waals surface area contributed by atoms with Crippen molar-refractivity contribution in [2.24, 2.45) is 5.41 Å². The van der Waals surface area contributed by atoms with Crippen LogP contribution in [0.3, 0.4) is 0 Å². The van der Waals surface area contributed by atoms with Gasteiger partial charge in [-0.2, -0.15) is 0 Å². The normalized spacial score (nSPS) is 31.2. The highest BCUT2D eigenvalue weighted by Gasteiger charge is 2.50. The van der Waals surface area contributed by atoms with E-state index in [4.69, 9.17) is 9.47 Å². The van der Waals surface area contributed by atoms with Crippen LogP contribution < -0.4 is 19.7 Å². The first-order valence-electron chi connectivity index (χ1n) is 10.5. The van der Waals surface area contributed by atoms with E-state index in [1.165, 1.54) is 5.69 Å². The van der Waals surface area contributed by atoms with Gasteiger partial charge in [-0.05, 0) is 44.2 Å². The number of ether oxygens (including phenoxy) is 2. The zero-order valence-electron chi connectivity index (χ0n) is 16.2. The zero-order chi connectivity index (χ0) is 19.1. The van der Waals surface area contributed by atoms with Crippen molar-refractivity contribution in [3.63, 3.8) is 0 Å². The Kier molecular flexibility index (Phi) is 4.59. The summed E-state index contributed by atoms with van der Waals surface area (Å²) in [6.45, 7) is 4.59. The van der Waals surface area contributed by atoms with E-state index in [0.29, 0.717) is 25.8 Å². The van der Waals surface area contributed by atoms with Crippen molar-refractivity contribution < 1.29 is 19.4 Å². The third-order valence-corrected chi connectivity index (χ3v) is 7.05. The molecule has 0 radical (unpaired) electrons. The van der Waals surface area contributed by atoms with E-state index in [1.54, 1.807) is 0 Å². The molecule has 1 aromatic carbocycles. The van der Waals surface area contributed by atoms with Crippen LogP contribution >= 0.6 is 0 Å². The molecule has 4 heterocycles. The third kappa shape index (κ3) is 3.01. The Labute approximate surface area is 165 Å². The number of carbonyl (C=O) groups excluding carboxylic acids is 1. The lowest BCUT2D eigenvalue weighted by atomic mass is 9.71. The number of amides is 1. The zero-order valence-corrected chi connectivity index (χ0v) is 16.2. The van der Waals surface area contributed by atoms with Gasteiger partial charge in [0.15, 0.2) is 11.5 Å². The smallest absolute Gasteiger partial charge is 0.231 e. The molecule has 28 heavy (non-hydrogen) atoms. The van der Waals surface area contributed by atoms with Gasteiger partial charge in [0, 0.05) is 50.5 Å². The Balaban J connectivity index is 1.24. The number of nitrogens with zero attached hydrogens (tertiary/aromatic N) is 2. The summed E-state index contributed by atoms with van der Waals surface area (Å²) >= 11 is 0. The molecule has 2 N–H and O–H groups in total. The van der Waals surface area contributed by atoms with Gasteiger partial charge >= 0.3 is 0 Å². The van der Waals surface area contributed by atoms with Gasteiger partial charge in [0.25, 0.3) is 0 Å². The average Bonchev–Trinajstić information content (AvgIpc) is 3.20. The van der Waals surface area contributed by atoms with E-state index in [9.17, 15) is 9.90 Å². The minimum absolute atomic E-state index is 0.0498. The number of aliphatic hydroxyl groups excluding tert-OH is 1. The number of carbonyl (C=O) groups is 1. The monoisotopic (exact) mass is 387 g/mol. The minimum atomic E-state index is -0.606. The number of nitrogens with one attached hydrogen (secondary N) is 1. The first-order valence-corrected chi connectivity index (χ1v) is 10.5. The number of hydrogen-bond donors (Lipinski definition) is 2. The van der Waals surface area contributed by atoms with Crippen LogP contribution in [-0.4, -0.2) is 67.6 Å². The second-order valence-electron chi connectivity index (χ2n) is 8.55. The first kappa shape index (κ1) is 18.1. The molecule has 1 aromatic rings. The molecule has 0 bridgehead atoms. The maximum absolute atomic E-state index is 12.6. The molecule has 7 heteroatoms. The summed E-state index contributed by atoms with van der Waals surface area (Å²) in [7, 11) is 0. The van der Waals surface area contributed by atoms with Crippen molar-refractivity contribution >= 4 is 11.6 Å². The van der Waals surface area contributed by atoms with Crippen molar-refractivity contribution in [1.82, 2.24) is 10.2 Å². The highest BCUT2D eigenvalue weighted by atomic mass is 16.7. The van der Waals surface area contributed by atoms with Crippen molar-refractivity contribution in [2.75, 3.05) is 44.4 Å². The predicted molar refractivity (Wildman–Crippen MR) is 105 cm³/mol. The highest BCUT2D eigenvalue weighted by Crippen LogP contribution is 2.40. The molecule has 2 atom stereocenters. The summed E-state index contributed by atoms with van der Waals surface area (Å²) in [6, 6.07) is 6.64. The van der Waals surface area contributed by atoms with Gasteiger partial charge in [0.2, 0.25) is 12.7 Å². The first-order chi connectivity index (χ1) is 13.7. The van der Waals surface area contributed by atoms with Crippen LogP contribution in [-0.2, 0) is 4.79 Å². The lowest BCUT2D eigenvalue weighted by Crippen LogP contribution is -2.63. The summed E-state index contributed by atoms with van der Waals surface area (Å²) in [4.78, 5) is 17.5. The Morgan fingerprint density at radius 3 is 2.75 bits per heavy atom. The lowest BCUT2D eigenvalue weighted by Gasteiger charge is -2.50. The summed E-state index contributed by atoms with van der Waals surface area (Å²) in [5.41, 5.74) is 0.574. The van der Waals surface area contributed by atoms with Gasteiger partial charge in [-0.1, -0.05) is 0 Å². The van der Waals surface area contributed by atoms with E-state index in [-0.39, 0.29) is 5.91 Å². The van der Waals surface area contributed by atoms with E-state index in [2.05, 4.69) is 27.2 Å². The third-order valence-electron chi connectivity index (χ3n) is 7.05. The maximum atomic E-state index is 12.6. The molecule has 1 spiro atoms. The van der Waals surface area contributed by atoms with Crippen molar-refractivity contribution in [2.45, 2.75) is 44.2 Å². The SMILES string of the molecule is O=C1NCCC[C@]12CN(C1CCN(c3ccc4c(c3)OCO4)CC1)CC[C@H]2O. The fourth-order valence-corrected chi connectivity index (χ4v) is 5.36. The maximum Gasteiger partial charge on any atom is 0.231 e. The number of likely N-dealkylation sites (tertiary alicyclic amines) is 1. The number of fused-ring (bicyclic) bond motifs is 1. The van der Waals surface area contributed by atoms with Crippen LogP contribution in [0, 0.1) is 5.41 Å². The quantitative estimate of drug-likeness (QED) is 0.798. The summed E-state index contributed by atoms with van der Waals surface area (Å²) in [6.07, 6.45) is 4.07. The van der Waals surface area contributed by atoms with Gasteiger partial charge in [0.1, 0.15) is 0 Å².